The van der Waals surface area contributed by atoms with E-state index >= 15 is 0 Å². The first kappa shape index (κ1) is 31.2. The molecular formula is C27H49N5O4S. The highest BCUT2D eigenvalue weighted by Crippen LogP contribution is 2.33. The summed E-state index contributed by atoms with van der Waals surface area (Å²) in [5.74, 6) is 0.364. The highest BCUT2D eigenvalue weighted by Gasteiger charge is 2.47. The van der Waals surface area contributed by atoms with Crippen molar-refractivity contribution in [3.05, 3.63) is 0 Å². The summed E-state index contributed by atoms with van der Waals surface area (Å²) in [6.07, 6.45) is 9.20. The Morgan fingerprint density at radius 2 is 1.81 bits per heavy atom. The second kappa shape index (κ2) is 15.4. The highest BCUT2D eigenvalue weighted by atomic mass is 32.2. The smallest absolute Gasteiger partial charge is 0.407 e. The van der Waals surface area contributed by atoms with Gasteiger partial charge in [0.25, 0.3) is 0 Å². The number of nitrogens with two attached hydrogens (primary N) is 1. The number of thioether (sulfide) groups is 1. The lowest BCUT2D eigenvalue weighted by atomic mass is 9.89. The van der Waals surface area contributed by atoms with Crippen LogP contribution in [-0.2, 0) is 14.3 Å². The van der Waals surface area contributed by atoms with Gasteiger partial charge >= 0.3 is 6.09 Å². The number of hydrogen-bond acceptors (Lipinski definition) is 6. The number of nitrogens with one attached hydrogen (secondary N) is 3. The lowest BCUT2D eigenvalue weighted by Crippen LogP contribution is -2.60. The van der Waals surface area contributed by atoms with E-state index in [-0.39, 0.29) is 36.7 Å². The van der Waals surface area contributed by atoms with E-state index in [0.29, 0.717) is 18.9 Å². The molecule has 2 rings (SSSR count). The third kappa shape index (κ3) is 9.69. The van der Waals surface area contributed by atoms with Crippen LogP contribution in [0.25, 0.3) is 0 Å². The molecule has 0 radical (unpaired) electrons. The van der Waals surface area contributed by atoms with Gasteiger partial charge in [0, 0.05) is 23.8 Å². The minimum absolute atomic E-state index is 0.0274. The Balaban J connectivity index is 2.21. The summed E-state index contributed by atoms with van der Waals surface area (Å²) in [6, 6.07) is -1.61. The molecule has 1 aliphatic heterocycles. The topological polar surface area (TPSA) is 138 Å². The number of likely N-dealkylation sites (tertiary alicyclic amines) is 1. The van der Waals surface area contributed by atoms with Crippen molar-refractivity contribution in [2.24, 2.45) is 17.6 Å². The second-order valence-corrected chi connectivity index (χ2v) is 12.8. The number of unbranched alkanes of at least 4 members (excludes halogenated alkanes) is 2. The molecule has 0 unspecified atom stereocenters. The third-order valence-electron chi connectivity index (χ3n) is 7.52. The fourth-order valence-electron chi connectivity index (χ4n) is 5.04. The summed E-state index contributed by atoms with van der Waals surface area (Å²) in [5.41, 5.74) is 5.82. The maximum absolute atomic E-state index is 14.0. The van der Waals surface area contributed by atoms with Gasteiger partial charge in [-0.2, -0.15) is 11.8 Å². The number of amidine groups is 1. The van der Waals surface area contributed by atoms with Crippen LogP contribution in [0.5, 0.6) is 0 Å². The largest absolute Gasteiger partial charge is 0.450 e. The number of carbonyl (C=O) groups excluding carboxylic acids is 3. The number of alkyl carbamates (subject to hydrolysis) is 1. The number of ether oxygens (including phenoxy) is 1. The van der Waals surface area contributed by atoms with Crippen LogP contribution >= 0.6 is 11.8 Å². The first-order valence-corrected chi connectivity index (χ1v) is 15.1. The second-order valence-electron chi connectivity index (χ2n) is 11.0. The van der Waals surface area contributed by atoms with Crippen molar-refractivity contribution in [2.75, 3.05) is 25.4 Å². The van der Waals surface area contributed by atoms with E-state index in [0.717, 1.165) is 44.3 Å². The van der Waals surface area contributed by atoms with Gasteiger partial charge in [-0.1, -0.05) is 46.0 Å². The molecule has 1 saturated heterocycles. The molecule has 1 heterocycles. The first-order chi connectivity index (χ1) is 17.6. The Morgan fingerprint density at radius 1 is 1.14 bits per heavy atom. The van der Waals surface area contributed by atoms with Gasteiger partial charge < -0.3 is 26.0 Å². The molecule has 0 bridgehead atoms. The van der Waals surface area contributed by atoms with E-state index in [1.165, 1.54) is 24.2 Å². The molecule has 0 aromatic rings. The Kier molecular flexibility index (Phi) is 13.0. The maximum Gasteiger partial charge on any atom is 0.407 e. The Bertz CT molecular complexity index is 772. The van der Waals surface area contributed by atoms with Crippen molar-refractivity contribution in [2.45, 2.75) is 109 Å². The van der Waals surface area contributed by atoms with Crippen molar-refractivity contribution < 1.29 is 19.1 Å². The summed E-state index contributed by atoms with van der Waals surface area (Å²) >= 11 is 1.63. The van der Waals surface area contributed by atoms with Gasteiger partial charge in [0.05, 0.1) is 12.4 Å². The SMILES string of the molecule is CCCCOC(=O)N[C@@H](C(=O)N1C[C@H](C(=N)N)C[C@H]1C(=O)NCC1CCCCC1)C(C)(C)SCCCC. The van der Waals surface area contributed by atoms with Gasteiger partial charge in [0.2, 0.25) is 11.8 Å². The molecule has 0 aromatic heterocycles. The average molecular weight is 540 g/mol. The quantitative estimate of drug-likeness (QED) is 0.149. The molecular weight excluding hydrogens is 490 g/mol. The van der Waals surface area contributed by atoms with Crippen molar-refractivity contribution in [3.8, 4) is 0 Å². The number of nitrogens with zero attached hydrogens (tertiary/aromatic N) is 1. The molecule has 0 aromatic carbocycles. The first-order valence-electron chi connectivity index (χ1n) is 14.1. The van der Waals surface area contributed by atoms with Crippen molar-refractivity contribution >= 4 is 35.5 Å². The van der Waals surface area contributed by atoms with Crippen LogP contribution in [0.1, 0.15) is 91.9 Å². The molecule has 212 valence electrons. The summed E-state index contributed by atoms with van der Waals surface area (Å²) in [4.78, 5) is 41.5. The fraction of sp³-hybridized carbons (Fsp3) is 0.852. The Morgan fingerprint density at radius 3 is 2.43 bits per heavy atom. The molecule has 10 heteroatoms. The van der Waals surface area contributed by atoms with Crippen LogP contribution in [0.4, 0.5) is 4.79 Å². The molecule has 5 N–H and O–H groups in total. The normalized spacial score (nSPS) is 21.4. The van der Waals surface area contributed by atoms with E-state index in [1.54, 1.807) is 11.8 Å². The van der Waals surface area contributed by atoms with Gasteiger partial charge in [-0.3, -0.25) is 15.0 Å². The molecule has 0 spiro atoms. The summed E-state index contributed by atoms with van der Waals surface area (Å²) < 4.78 is 4.69. The van der Waals surface area contributed by atoms with Crippen molar-refractivity contribution in [1.29, 1.82) is 5.41 Å². The standard InChI is InChI=1S/C27H49N5O4S/c1-5-7-14-36-26(35)31-22(27(3,4)37-15-8-6-2)25(34)32-18-20(23(28)29)16-21(32)24(33)30-17-19-12-10-9-11-13-19/h19-22H,5-18H2,1-4H3,(H3,28,29)(H,30,33)(H,31,35)/t20-,21+,22+/m1/s1. The lowest BCUT2D eigenvalue weighted by Gasteiger charge is -2.37. The van der Waals surface area contributed by atoms with E-state index < -0.39 is 22.9 Å². The van der Waals surface area contributed by atoms with Gasteiger partial charge in [-0.05, 0) is 57.6 Å². The molecule has 2 aliphatic rings. The van der Waals surface area contributed by atoms with Gasteiger partial charge in [-0.25, -0.2) is 4.79 Å². The number of amides is 3. The summed E-state index contributed by atoms with van der Waals surface area (Å²) in [5, 5.41) is 13.9. The maximum atomic E-state index is 14.0. The van der Waals surface area contributed by atoms with Gasteiger partial charge in [-0.15, -0.1) is 0 Å². The Hall–Kier alpha value is -1.97. The van der Waals surface area contributed by atoms with Crippen molar-refractivity contribution in [3.63, 3.8) is 0 Å². The van der Waals surface area contributed by atoms with Crippen LogP contribution in [0.2, 0.25) is 0 Å². The molecule has 3 atom stereocenters. The summed E-state index contributed by atoms with van der Waals surface area (Å²) in [7, 11) is 0. The van der Waals surface area contributed by atoms with Crippen molar-refractivity contribution in [1.82, 2.24) is 15.5 Å². The van der Waals surface area contributed by atoms with E-state index in [9.17, 15) is 14.4 Å². The van der Waals surface area contributed by atoms with Gasteiger partial charge in [0.1, 0.15) is 12.1 Å². The lowest BCUT2D eigenvalue weighted by molar-refractivity contribution is -0.140. The number of rotatable bonds is 14. The van der Waals surface area contributed by atoms with E-state index in [1.807, 2.05) is 20.8 Å². The van der Waals surface area contributed by atoms with Gasteiger partial charge in [0.15, 0.2) is 0 Å². The van der Waals surface area contributed by atoms with Crippen LogP contribution < -0.4 is 16.4 Å². The summed E-state index contributed by atoms with van der Waals surface area (Å²) in [6.45, 7) is 9.09. The van der Waals surface area contributed by atoms with E-state index in [4.69, 9.17) is 15.9 Å². The molecule has 37 heavy (non-hydrogen) atoms. The van der Waals surface area contributed by atoms with Crippen LogP contribution in [0.3, 0.4) is 0 Å². The average Bonchev–Trinajstić information content (AvgIpc) is 3.32. The van der Waals surface area contributed by atoms with Crippen LogP contribution in [0, 0.1) is 17.2 Å². The zero-order valence-electron chi connectivity index (χ0n) is 23.3. The highest BCUT2D eigenvalue weighted by molar-refractivity contribution is 8.00. The predicted octanol–water partition coefficient (Wildman–Crippen LogP) is 4.04. The molecule has 3 amide bonds. The molecule has 1 aliphatic carbocycles. The van der Waals surface area contributed by atoms with E-state index in [2.05, 4.69) is 17.6 Å². The predicted molar refractivity (Wildman–Crippen MR) is 150 cm³/mol. The Labute approximate surface area is 227 Å². The molecule has 9 nitrogen and oxygen atoms in total. The minimum atomic E-state index is -0.886. The zero-order chi connectivity index (χ0) is 27.4. The van der Waals surface area contributed by atoms with Crippen LogP contribution in [-0.4, -0.2) is 70.9 Å². The fourth-order valence-corrected chi connectivity index (χ4v) is 6.32. The molecule has 1 saturated carbocycles. The monoisotopic (exact) mass is 539 g/mol. The minimum Gasteiger partial charge on any atom is -0.450 e. The third-order valence-corrected chi connectivity index (χ3v) is 9.00. The van der Waals surface area contributed by atoms with Crippen LogP contribution in [0.15, 0.2) is 0 Å². The molecule has 2 fully saturated rings. The number of hydrogen-bond donors (Lipinski definition) is 4. The number of carbonyl (C=O) groups is 3. The zero-order valence-corrected chi connectivity index (χ0v) is 24.1.